The Labute approximate surface area is 151 Å². The van der Waals surface area contributed by atoms with Crippen molar-refractivity contribution in [2.45, 2.75) is 0 Å². The summed E-state index contributed by atoms with van der Waals surface area (Å²) in [6.07, 6.45) is 0. The summed E-state index contributed by atoms with van der Waals surface area (Å²) in [6.45, 7) is 0. The van der Waals surface area contributed by atoms with Crippen LogP contribution < -0.4 is 65.6 Å². The van der Waals surface area contributed by atoms with Crippen molar-refractivity contribution in [2.24, 2.45) is 0 Å². The van der Waals surface area contributed by atoms with E-state index in [2.05, 4.69) is 0 Å². The Balaban J connectivity index is -0.0000000178. The standard InChI is InChI=1S/Ca.2FH.K.H3O4P.H3O4Si/c;;;;2*1-5(2,3)4/h;2*1H;;(H3,1,2,3,4);1-3H/q+2;;;+1;;-1/p-2. The molecule has 0 saturated carbocycles. The summed E-state index contributed by atoms with van der Waals surface area (Å²) in [6, 6.07) is 0. The minimum absolute atomic E-state index is 0. The van der Waals surface area contributed by atoms with Crippen LogP contribution in [0.2, 0.25) is 0 Å². The van der Waals surface area contributed by atoms with Gasteiger partial charge in [0.1, 0.15) is 0 Å². The van der Waals surface area contributed by atoms with Gasteiger partial charge in [0, 0.05) is 0 Å². The van der Waals surface area contributed by atoms with Gasteiger partial charge in [-0.15, -0.1) is 0 Å². The van der Waals surface area contributed by atoms with Crippen molar-refractivity contribution in [1.82, 2.24) is 0 Å². The molecule has 0 aromatic rings. The summed E-state index contributed by atoms with van der Waals surface area (Å²) in [5.41, 5.74) is 0. The quantitative estimate of drug-likeness (QED) is 0.190. The number of halogens is 2. The van der Waals surface area contributed by atoms with E-state index < -0.39 is 16.9 Å². The molecule has 0 unspecified atom stereocenters. The summed E-state index contributed by atoms with van der Waals surface area (Å²) in [5, 5.41) is 0. The van der Waals surface area contributed by atoms with Crippen LogP contribution in [0.25, 0.3) is 0 Å². The van der Waals surface area contributed by atoms with Crippen LogP contribution in [0.15, 0.2) is 0 Å². The number of rotatable bonds is 0. The maximum absolute atomic E-state index is 8.91. The Hall–Kier alpha value is 2.92. The van der Waals surface area contributed by atoms with E-state index in [1.54, 1.807) is 0 Å². The molecule has 0 atom stereocenters. The Bertz CT molecular complexity index is 120. The van der Waals surface area contributed by atoms with Crippen molar-refractivity contribution in [3.8, 4) is 0 Å². The molecule has 0 rings (SSSR count). The molecular formula is H6CaF2KO8PSi. The second-order valence-corrected chi connectivity index (χ2v) is 3.26. The Morgan fingerprint density at radius 1 is 1.00 bits per heavy atom. The van der Waals surface area contributed by atoms with E-state index >= 15 is 0 Å². The largest absolute Gasteiger partial charge is 2.00 e. The number of hydrogen-bond donors (Lipinski definition) is 6. The monoisotopic (exact) mass is 310 g/mol. The van der Waals surface area contributed by atoms with Gasteiger partial charge in [0.15, 0.2) is 0 Å². The van der Waals surface area contributed by atoms with Gasteiger partial charge in [-0.25, -0.2) is 4.57 Å². The third-order valence-electron chi connectivity index (χ3n) is 0. The Morgan fingerprint density at radius 2 is 1.00 bits per heavy atom. The van der Waals surface area contributed by atoms with Crippen LogP contribution in [-0.2, 0) is 4.57 Å². The summed E-state index contributed by atoms with van der Waals surface area (Å²) in [4.78, 5) is 52.1. The first-order valence-corrected chi connectivity index (χ1v) is 4.97. The first kappa shape index (κ1) is 36.0. The molecule has 0 bridgehead atoms. The van der Waals surface area contributed by atoms with Crippen LogP contribution >= 0.6 is 7.82 Å². The summed E-state index contributed by atoms with van der Waals surface area (Å²) in [7, 11) is -9.50. The summed E-state index contributed by atoms with van der Waals surface area (Å²) < 4.78 is 8.88. The first-order valence-electron chi connectivity index (χ1n) is 1.66. The predicted octanol–water partition coefficient (Wildman–Crippen LogP) is -13.5. The van der Waals surface area contributed by atoms with Crippen LogP contribution in [0.3, 0.4) is 0 Å². The van der Waals surface area contributed by atoms with Gasteiger partial charge in [-0.1, -0.05) is 0 Å². The molecule has 0 fully saturated rings. The van der Waals surface area contributed by atoms with Crippen molar-refractivity contribution in [3.05, 3.63) is 0 Å². The number of hydrogen-bond acceptors (Lipinski definition) is 5. The molecule has 8 nitrogen and oxygen atoms in total. The van der Waals surface area contributed by atoms with E-state index in [0.717, 1.165) is 0 Å². The van der Waals surface area contributed by atoms with E-state index in [0.29, 0.717) is 0 Å². The molecule has 80 valence electrons. The molecule has 6 N–H and O–H groups in total. The fraction of sp³-hybridized carbons (Fsp3) is 0. The van der Waals surface area contributed by atoms with E-state index in [4.69, 9.17) is 38.4 Å². The van der Waals surface area contributed by atoms with Crippen LogP contribution in [-0.4, -0.2) is 75.9 Å². The van der Waals surface area contributed by atoms with Gasteiger partial charge >= 0.3 is 106 Å². The Kier molecular flexibility index (Phi) is 40.9. The fourth-order valence-electron chi connectivity index (χ4n) is 0. The van der Waals surface area contributed by atoms with E-state index in [9.17, 15) is 0 Å². The second kappa shape index (κ2) is 15.9. The van der Waals surface area contributed by atoms with Crippen LogP contribution in [0.4, 0.5) is 0 Å². The van der Waals surface area contributed by atoms with Crippen LogP contribution in [0.5, 0.6) is 0 Å². The van der Waals surface area contributed by atoms with Crippen LogP contribution in [0, 0.1) is 0 Å². The minimum atomic E-state index is -4.86. The molecule has 0 aliphatic carbocycles. The van der Waals surface area contributed by atoms with Crippen molar-refractivity contribution in [3.63, 3.8) is 0 Å². The molecule has 0 heterocycles. The minimum Gasteiger partial charge on any atom is -1.00 e. The smallest absolute Gasteiger partial charge is 1.00 e. The molecule has 0 amide bonds. The van der Waals surface area contributed by atoms with Gasteiger partial charge in [-0.3, -0.25) is 0 Å². The zero-order valence-electron chi connectivity index (χ0n) is 6.91. The van der Waals surface area contributed by atoms with Gasteiger partial charge < -0.3 is 43.3 Å². The van der Waals surface area contributed by atoms with Gasteiger partial charge in [0.05, 0.1) is 0 Å². The molecule has 0 aromatic heterocycles. The molecule has 0 spiro atoms. The van der Waals surface area contributed by atoms with Crippen molar-refractivity contribution >= 4 is 54.6 Å². The predicted molar refractivity (Wildman–Crippen MR) is 32.4 cm³/mol. The molecule has 0 aliphatic heterocycles. The average molecular weight is 310 g/mol. The van der Waals surface area contributed by atoms with Gasteiger partial charge in [0.25, 0.3) is 0 Å². The van der Waals surface area contributed by atoms with Crippen LogP contribution in [0.1, 0.15) is 0 Å². The third kappa shape index (κ3) is 339. The van der Waals surface area contributed by atoms with Gasteiger partial charge in [0.2, 0.25) is 0 Å². The molecule has 0 aromatic carbocycles. The maximum Gasteiger partial charge on any atom is 2.00 e. The summed E-state index contributed by atoms with van der Waals surface area (Å²) >= 11 is 0. The first-order chi connectivity index (χ1) is 4.00. The third-order valence-corrected chi connectivity index (χ3v) is 0. The van der Waals surface area contributed by atoms with Crippen molar-refractivity contribution < 1.29 is 99.2 Å². The van der Waals surface area contributed by atoms with Crippen molar-refractivity contribution in [1.29, 1.82) is 0 Å². The molecule has 14 heteroatoms. The normalized spacial score (nSPS) is 8.50. The molecule has 0 saturated heterocycles. The van der Waals surface area contributed by atoms with Crippen molar-refractivity contribution in [2.75, 3.05) is 0 Å². The zero-order chi connectivity index (χ0) is 9.00. The molecular weight excluding hydrogens is 304 g/mol. The average Bonchev–Trinajstić information content (AvgIpc) is 1.12. The maximum atomic E-state index is 8.91. The second-order valence-electron chi connectivity index (χ2n) is 1.09. The zero-order valence-corrected chi connectivity index (χ0v) is 14.1. The van der Waals surface area contributed by atoms with E-state index in [1.807, 2.05) is 0 Å². The molecule has 14 heavy (non-hydrogen) atoms. The number of phosphoric acid groups is 1. The molecule has 0 radical (unpaired) electrons. The molecule has 0 aliphatic rings. The summed E-state index contributed by atoms with van der Waals surface area (Å²) in [5.74, 6) is 0. The van der Waals surface area contributed by atoms with E-state index in [1.165, 1.54) is 0 Å². The van der Waals surface area contributed by atoms with Gasteiger partial charge in [-0.2, -0.15) is 0 Å². The topological polar surface area (TPSA) is 162 Å². The van der Waals surface area contributed by atoms with E-state index in [-0.39, 0.29) is 98.5 Å². The SMILES string of the molecule is O=P(O)(O)O.[Ca+2].[F-].[F-].[K+].[O-][Si](O)(O)O. The fourth-order valence-corrected chi connectivity index (χ4v) is 0. The van der Waals surface area contributed by atoms with Gasteiger partial charge in [-0.05, 0) is 0 Å². The Morgan fingerprint density at radius 3 is 1.00 bits per heavy atom.